The third-order valence-corrected chi connectivity index (χ3v) is 6.98. The largest absolute Gasteiger partial charge is 0.454 e. The van der Waals surface area contributed by atoms with Crippen LogP contribution in [0.4, 0.5) is 0 Å². The van der Waals surface area contributed by atoms with Crippen molar-refractivity contribution in [2.75, 3.05) is 0 Å². The molecule has 0 aliphatic carbocycles. The van der Waals surface area contributed by atoms with Gasteiger partial charge in [0.25, 0.3) is 0 Å². The van der Waals surface area contributed by atoms with E-state index in [0.29, 0.717) is 5.56 Å². The first-order chi connectivity index (χ1) is 17.5. The van der Waals surface area contributed by atoms with E-state index in [4.69, 9.17) is 9.90 Å². The van der Waals surface area contributed by atoms with E-state index in [1.54, 1.807) is 6.07 Å². The van der Waals surface area contributed by atoms with Crippen LogP contribution in [0.5, 0.6) is 0 Å². The molecule has 0 N–H and O–H groups in total. The monoisotopic (exact) mass is 434 g/mol. The van der Waals surface area contributed by atoms with Gasteiger partial charge in [-0.2, -0.15) is 0 Å². The summed E-state index contributed by atoms with van der Waals surface area (Å²) in [6, 6.07) is 22.3. The summed E-state index contributed by atoms with van der Waals surface area (Å²) in [5.41, 5.74) is 6.53. The van der Waals surface area contributed by atoms with Crippen LogP contribution in [0.3, 0.4) is 0 Å². The SMILES string of the molecule is [2H]C([2H])([2H])C([2H])(C)c1ccc2c(-c3c(C)c(C)cc4c3oc3c5ccccc5ccc43)[n+](C)ccc2c1. The van der Waals surface area contributed by atoms with Crippen LogP contribution in [-0.4, -0.2) is 0 Å². The Kier molecular flexibility index (Phi) is 3.49. The molecule has 0 amide bonds. The molecule has 1 unspecified atom stereocenters. The lowest BCUT2D eigenvalue weighted by molar-refractivity contribution is -0.659. The average Bonchev–Trinajstić information content (AvgIpc) is 3.23. The van der Waals surface area contributed by atoms with Crippen molar-refractivity contribution in [3.63, 3.8) is 0 Å². The molecular weight excluding hydrogens is 402 g/mol. The van der Waals surface area contributed by atoms with Crippen LogP contribution in [-0.2, 0) is 7.05 Å². The zero-order valence-electron chi connectivity index (χ0n) is 23.3. The number of aromatic nitrogens is 1. The van der Waals surface area contributed by atoms with Crippen molar-refractivity contribution in [2.24, 2.45) is 7.05 Å². The predicted octanol–water partition coefficient (Wildman–Crippen LogP) is 8.12. The van der Waals surface area contributed by atoms with E-state index < -0.39 is 12.7 Å². The van der Waals surface area contributed by atoms with Crippen LogP contribution in [0, 0.1) is 13.8 Å². The van der Waals surface area contributed by atoms with E-state index in [1.165, 1.54) is 12.5 Å². The van der Waals surface area contributed by atoms with Crippen molar-refractivity contribution in [1.29, 1.82) is 0 Å². The fourth-order valence-corrected chi connectivity index (χ4v) is 5.07. The molecule has 0 aliphatic heterocycles. The van der Waals surface area contributed by atoms with Crippen molar-refractivity contribution >= 4 is 43.5 Å². The number of benzene rings is 4. The lowest BCUT2D eigenvalue weighted by atomic mass is 9.92. The first-order valence-electron chi connectivity index (χ1n) is 13.3. The lowest BCUT2D eigenvalue weighted by Gasteiger charge is -2.12. The maximum Gasteiger partial charge on any atom is 0.224 e. The zero-order chi connectivity index (χ0) is 26.3. The normalized spacial score (nSPS) is 16.0. The quantitative estimate of drug-likeness (QED) is 0.251. The number of nitrogens with zero attached hydrogens (tertiary/aromatic N) is 1. The summed E-state index contributed by atoms with van der Waals surface area (Å²) >= 11 is 0. The van der Waals surface area contributed by atoms with Gasteiger partial charge in [0.15, 0.2) is 6.20 Å². The van der Waals surface area contributed by atoms with Crippen LogP contribution in [0.1, 0.15) is 41.8 Å². The van der Waals surface area contributed by atoms with E-state index in [1.807, 2.05) is 43.6 Å². The number of hydrogen-bond donors (Lipinski definition) is 0. The molecule has 0 saturated heterocycles. The number of rotatable bonds is 2. The van der Waals surface area contributed by atoms with Crippen molar-refractivity contribution in [2.45, 2.75) is 33.5 Å². The molecule has 0 bridgehead atoms. The molecule has 4 aromatic carbocycles. The molecule has 2 heterocycles. The van der Waals surface area contributed by atoms with Crippen LogP contribution < -0.4 is 4.57 Å². The van der Waals surface area contributed by atoms with Crippen LogP contribution >= 0.6 is 0 Å². The Morgan fingerprint density at radius 3 is 2.52 bits per heavy atom. The Morgan fingerprint density at radius 2 is 1.67 bits per heavy atom. The smallest absolute Gasteiger partial charge is 0.224 e. The van der Waals surface area contributed by atoms with Gasteiger partial charge >= 0.3 is 0 Å². The number of furan rings is 1. The molecular formula is C31H28NO+. The highest BCUT2D eigenvalue weighted by molar-refractivity contribution is 6.18. The maximum absolute atomic E-state index is 8.57. The molecule has 162 valence electrons. The molecule has 0 fully saturated rings. The molecule has 2 heteroatoms. The molecule has 2 nitrogen and oxygen atoms in total. The number of aryl methyl sites for hydroxylation is 2. The van der Waals surface area contributed by atoms with Gasteiger partial charge in [-0.3, -0.25) is 0 Å². The number of fused-ring (bicyclic) bond motifs is 6. The van der Waals surface area contributed by atoms with E-state index in [-0.39, 0.29) is 0 Å². The molecule has 33 heavy (non-hydrogen) atoms. The average molecular weight is 435 g/mol. The third kappa shape index (κ3) is 2.90. The van der Waals surface area contributed by atoms with Gasteiger partial charge in [0.05, 0.1) is 10.9 Å². The van der Waals surface area contributed by atoms with Gasteiger partial charge in [-0.1, -0.05) is 56.2 Å². The molecule has 6 aromatic rings. The second-order valence-electron chi connectivity index (χ2n) is 9.04. The van der Waals surface area contributed by atoms with Crippen LogP contribution in [0.2, 0.25) is 0 Å². The summed E-state index contributed by atoms with van der Waals surface area (Å²) in [5, 5.41) is 6.27. The van der Waals surface area contributed by atoms with Gasteiger partial charge < -0.3 is 4.42 Å². The topological polar surface area (TPSA) is 17.0 Å². The van der Waals surface area contributed by atoms with Crippen molar-refractivity contribution < 1.29 is 14.5 Å². The minimum Gasteiger partial charge on any atom is -0.454 e. The van der Waals surface area contributed by atoms with Crippen molar-refractivity contribution in [3.8, 4) is 11.3 Å². The standard InChI is InChI=1S/C31H28NO/c1-18(2)22-11-12-24-23(17-22)14-15-32(5)29(24)28-20(4)19(3)16-27-26-13-10-21-8-6-7-9-25(21)30(26)33-31(27)28/h6-18H,1-5H3/q+1/i1D3,18D. The fraction of sp³-hybridized carbons (Fsp3) is 0.194. The zero-order valence-corrected chi connectivity index (χ0v) is 19.3. The minimum atomic E-state index is -2.43. The molecule has 6 rings (SSSR count). The highest BCUT2D eigenvalue weighted by Crippen LogP contribution is 2.42. The minimum absolute atomic E-state index is 0.473. The van der Waals surface area contributed by atoms with E-state index in [9.17, 15) is 0 Å². The summed E-state index contributed by atoms with van der Waals surface area (Å²) in [5.74, 6) is -1.70. The van der Waals surface area contributed by atoms with Gasteiger partial charge in [-0.05, 0) is 65.4 Å². The summed E-state index contributed by atoms with van der Waals surface area (Å²) in [4.78, 5) is 0. The fourth-order valence-electron chi connectivity index (χ4n) is 5.07. The Balaban J connectivity index is 1.70. The molecule has 2 aromatic heterocycles. The lowest BCUT2D eigenvalue weighted by Crippen LogP contribution is -2.31. The molecule has 0 spiro atoms. The van der Waals surface area contributed by atoms with E-state index >= 15 is 0 Å². The van der Waals surface area contributed by atoms with Gasteiger partial charge in [-0.15, -0.1) is 0 Å². The highest BCUT2D eigenvalue weighted by Gasteiger charge is 2.25. The van der Waals surface area contributed by atoms with E-state index in [2.05, 4.69) is 48.7 Å². The van der Waals surface area contributed by atoms with Crippen molar-refractivity contribution in [1.82, 2.24) is 0 Å². The number of hydrogen-bond acceptors (Lipinski definition) is 1. The van der Waals surface area contributed by atoms with Crippen LogP contribution in [0.25, 0.3) is 54.7 Å². The first-order valence-corrected chi connectivity index (χ1v) is 11.3. The Hall–Kier alpha value is -3.65. The van der Waals surface area contributed by atoms with Gasteiger partial charge in [0, 0.05) is 27.7 Å². The second kappa shape index (κ2) is 7.18. The Bertz CT molecular complexity index is 1880. The second-order valence-corrected chi connectivity index (χ2v) is 9.04. The summed E-state index contributed by atoms with van der Waals surface area (Å²) in [6.45, 7) is 3.28. The molecule has 0 radical (unpaired) electrons. The van der Waals surface area contributed by atoms with Gasteiger partial charge in [0.1, 0.15) is 18.2 Å². The van der Waals surface area contributed by atoms with Gasteiger partial charge in [-0.25, -0.2) is 4.57 Å². The van der Waals surface area contributed by atoms with E-state index in [0.717, 1.165) is 60.3 Å². The van der Waals surface area contributed by atoms with Crippen molar-refractivity contribution in [3.05, 3.63) is 89.6 Å². The third-order valence-electron chi connectivity index (χ3n) is 6.98. The predicted molar refractivity (Wildman–Crippen MR) is 139 cm³/mol. The molecule has 0 saturated carbocycles. The Labute approximate surface area is 199 Å². The van der Waals surface area contributed by atoms with Crippen LogP contribution in [0.15, 0.2) is 77.3 Å². The van der Waals surface area contributed by atoms with Gasteiger partial charge in [0.2, 0.25) is 5.69 Å². The highest BCUT2D eigenvalue weighted by atomic mass is 16.3. The summed E-state index contributed by atoms with van der Waals surface area (Å²) in [7, 11) is 2.02. The Morgan fingerprint density at radius 1 is 0.848 bits per heavy atom. The molecule has 1 atom stereocenters. The molecule has 0 aliphatic rings. The summed E-state index contributed by atoms with van der Waals surface area (Å²) < 4.78 is 41.0. The first kappa shape index (κ1) is 16.0. The summed E-state index contributed by atoms with van der Waals surface area (Å²) in [6.07, 6.45) is 1.99. The number of pyridine rings is 1. The maximum atomic E-state index is 8.57.